The summed E-state index contributed by atoms with van der Waals surface area (Å²) in [5.74, 6) is 2.99. The Kier molecular flexibility index (Phi) is 6.19. The first kappa shape index (κ1) is 20.0. The molecule has 1 heterocycles. The molecule has 6 heteroatoms. The number of benzene rings is 2. The van der Waals surface area contributed by atoms with Gasteiger partial charge in [0.05, 0.1) is 26.1 Å². The van der Waals surface area contributed by atoms with Crippen LogP contribution < -0.4 is 14.2 Å². The molecule has 2 aromatic carbocycles. The fraction of sp³-hybridized carbons (Fsp3) is 0.435. The second-order valence-corrected chi connectivity index (χ2v) is 8.54. The molecule has 4 rings (SSSR count). The minimum atomic E-state index is -0.0264. The zero-order valence-electron chi connectivity index (χ0n) is 16.9. The van der Waals surface area contributed by atoms with Crippen LogP contribution in [-0.4, -0.2) is 36.9 Å². The van der Waals surface area contributed by atoms with E-state index in [1.165, 1.54) is 12.8 Å². The zero-order chi connectivity index (χ0) is 20.2. The molecule has 2 fully saturated rings. The third-order valence-corrected chi connectivity index (χ3v) is 6.80. The highest BCUT2D eigenvalue weighted by Crippen LogP contribution is 2.43. The van der Waals surface area contributed by atoms with Crippen LogP contribution in [-0.2, 0) is 11.3 Å². The lowest BCUT2D eigenvalue weighted by molar-refractivity contribution is -0.128. The number of thioether (sulfide) groups is 1. The van der Waals surface area contributed by atoms with E-state index in [2.05, 4.69) is 6.07 Å². The molecule has 5 nitrogen and oxygen atoms in total. The summed E-state index contributed by atoms with van der Waals surface area (Å²) in [4.78, 5) is 14.5. The molecule has 29 heavy (non-hydrogen) atoms. The molecule has 1 saturated heterocycles. The van der Waals surface area contributed by atoms with Crippen LogP contribution in [0.1, 0.15) is 42.2 Å². The Morgan fingerprint density at radius 1 is 1.00 bits per heavy atom. The van der Waals surface area contributed by atoms with Crippen LogP contribution >= 0.6 is 11.8 Å². The lowest BCUT2D eigenvalue weighted by atomic mass is 10.1. The Morgan fingerprint density at radius 2 is 1.76 bits per heavy atom. The molecular weight excluding hydrogens is 386 g/mol. The first-order chi connectivity index (χ1) is 14.2. The highest BCUT2D eigenvalue weighted by Gasteiger charge is 2.33. The second kappa shape index (κ2) is 8.99. The second-order valence-electron chi connectivity index (χ2n) is 7.47. The van der Waals surface area contributed by atoms with Gasteiger partial charge in [0, 0.05) is 6.54 Å². The van der Waals surface area contributed by atoms with Crippen molar-refractivity contribution in [2.75, 3.05) is 20.0 Å². The Balaban J connectivity index is 1.55. The first-order valence-electron chi connectivity index (χ1n) is 10.1. The standard InChI is InChI=1S/C23H27NO4S/c1-26-18-10-7-16(8-11-18)14-24-22(25)15-29-23(24)17-9-12-20(27-2)21(13-17)28-19-5-3-4-6-19/h7-13,19,23H,3-6,14-15H2,1-2H3. The van der Waals surface area contributed by atoms with Crippen LogP contribution in [0.25, 0.3) is 0 Å². The topological polar surface area (TPSA) is 48.0 Å². The Bertz CT molecular complexity index is 848. The summed E-state index contributed by atoms with van der Waals surface area (Å²) in [6.07, 6.45) is 4.87. The van der Waals surface area contributed by atoms with Crippen LogP contribution in [0.5, 0.6) is 17.2 Å². The van der Waals surface area contributed by atoms with E-state index in [9.17, 15) is 4.79 Å². The van der Waals surface area contributed by atoms with Crippen molar-refractivity contribution in [1.82, 2.24) is 4.90 Å². The van der Waals surface area contributed by atoms with Gasteiger partial charge in [-0.05, 0) is 61.1 Å². The van der Waals surface area contributed by atoms with Crippen molar-refractivity contribution < 1.29 is 19.0 Å². The Morgan fingerprint density at radius 3 is 2.45 bits per heavy atom. The van der Waals surface area contributed by atoms with Crippen molar-refractivity contribution in [3.63, 3.8) is 0 Å². The molecule has 1 saturated carbocycles. The Labute approximate surface area is 176 Å². The van der Waals surface area contributed by atoms with Crippen molar-refractivity contribution >= 4 is 17.7 Å². The van der Waals surface area contributed by atoms with Gasteiger partial charge in [0.15, 0.2) is 11.5 Å². The minimum absolute atomic E-state index is 0.0264. The highest BCUT2D eigenvalue weighted by molar-refractivity contribution is 8.00. The summed E-state index contributed by atoms with van der Waals surface area (Å²) >= 11 is 1.66. The highest BCUT2D eigenvalue weighted by atomic mass is 32.2. The summed E-state index contributed by atoms with van der Waals surface area (Å²) < 4.78 is 17.0. The molecular formula is C23H27NO4S. The number of carbonyl (C=O) groups excluding carboxylic acids is 1. The fourth-order valence-electron chi connectivity index (χ4n) is 3.95. The van der Waals surface area contributed by atoms with E-state index in [0.717, 1.165) is 41.2 Å². The fourth-order valence-corrected chi connectivity index (χ4v) is 5.13. The monoisotopic (exact) mass is 413 g/mol. The quantitative estimate of drug-likeness (QED) is 0.653. The number of methoxy groups -OCH3 is 2. The maximum Gasteiger partial charge on any atom is 0.234 e. The molecule has 0 bridgehead atoms. The first-order valence-corrected chi connectivity index (χ1v) is 11.1. The van der Waals surface area contributed by atoms with Crippen molar-refractivity contribution in [1.29, 1.82) is 0 Å². The summed E-state index contributed by atoms with van der Waals surface area (Å²) in [6.45, 7) is 0.575. The summed E-state index contributed by atoms with van der Waals surface area (Å²) in [7, 11) is 3.32. The molecule has 154 valence electrons. The molecule has 2 aliphatic rings. The van der Waals surface area contributed by atoms with Crippen LogP contribution in [0, 0.1) is 0 Å². The van der Waals surface area contributed by atoms with Gasteiger partial charge in [-0.25, -0.2) is 0 Å². The van der Waals surface area contributed by atoms with Gasteiger partial charge in [-0.15, -0.1) is 11.8 Å². The normalized spacial score (nSPS) is 19.6. The number of hydrogen-bond donors (Lipinski definition) is 0. The lowest BCUT2D eigenvalue weighted by Crippen LogP contribution is -2.27. The summed E-state index contributed by atoms with van der Waals surface area (Å²) in [5.41, 5.74) is 2.16. The number of ether oxygens (including phenoxy) is 3. The largest absolute Gasteiger partial charge is 0.497 e. The molecule has 0 radical (unpaired) electrons. The van der Waals surface area contributed by atoms with Gasteiger partial charge in [0.1, 0.15) is 11.1 Å². The average molecular weight is 414 g/mol. The number of carbonyl (C=O) groups is 1. The molecule has 1 amide bonds. The maximum absolute atomic E-state index is 12.6. The average Bonchev–Trinajstić information content (AvgIpc) is 3.39. The number of rotatable bonds is 7. The molecule has 1 atom stereocenters. The van der Waals surface area contributed by atoms with E-state index in [1.54, 1.807) is 26.0 Å². The smallest absolute Gasteiger partial charge is 0.234 e. The van der Waals surface area contributed by atoms with E-state index in [4.69, 9.17) is 14.2 Å². The summed E-state index contributed by atoms with van der Waals surface area (Å²) in [5, 5.41) is -0.0264. The number of amides is 1. The van der Waals surface area contributed by atoms with Gasteiger partial charge in [-0.2, -0.15) is 0 Å². The van der Waals surface area contributed by atoms with E-state index in [1.807, 2.05) is 41.3 Å². The van der Waals surface area contributed by atoms with Gasteiger partial charge in [0.2, 0.25) is 5.91 Å². The third-order valence-electron chi connectivity index (χ3n) is 5.55. The van der Waals surface area contributed by atoms with Crippen LogP contribution in [0.15, 0.2) is 42.5 Å². The predicted molar refractivity (Wildman–Crippen MR) is 115 cm³/mol. The van der Waals surface area contributed by atoms with Gasteiger partial charge in [-0.1, -0.05) is 18.2 Å². The van der Waals surface area contributed by atoms with Gasteiger partial charge >= 0.3 is 0 Å². The van der Waals surface area contributed by atoms with E-state index in [-0.39, 0.29) is 17.4 Å². The van der Waals surface area contributed by atoms with Crippen molar-refractivity contribution in [3.05, 3.63) is 53.6 Å². The molecule has 2 aromatic rings. The van der Waals surface area contributed by atoms with Crippen LogP contribution in [0.3, 0.4) is 0 Å². The van der Waals surface area contributed by atoms with E-state index >= 15 is 0 Å². The molecule has 1 aliphatic carbocycles. The van der Waals surface area contributed by atoms with Gasteiger partial charge in [-0.3, -0.25) is 4.79 Å². The molecule has 0 N–H and O–H groups in total. The predicted octanol–water partition coefficient (Wildman–Crippen LogP) is 4.80. The van der Waals surface area contributed by atoms with E-state index < -0.39 is 0 Å². The molecule has 1 unspecified atom stereocenters. The minimum Gasteiger partial charge on any atom is -0.497 e. The molecule has 0 spiro atoms. The van der Waals surface area contributed by atoms with Gasteiger partial charge in [0.25, 0.3) is 0 Å². The molecule has 1 aliphatic heterocycles. The van der Waals surface area contributed by atoms with E-state index in [0.29, 0.717) is 12.3 Å². The number of hydrogen-bond acceptors (Lipinski definition) is 5. The maximum atomic E-state index is 12.6. The van der Waals surface area contributed by atoms with Crippen molar-refractivity contribution in [2.24, 2.45) is 0 Å². The lowest BCUT2D eigenvalue weighted by Gasteiger charge is -2.25. The Hall–Kier alpha value is -2.34. The molecule has 0 aromatic heterocycles. The number of nitrogens with zero attached hydrogens (tertiary/aromatic N) is 1. The third kappa shape index (κ3) is 4.47. The zero-order valence-corrected chi connectivity index (χ0v) is 17.7. The summed E-state index contributed by atoms with van der Waals surface area (Å²) in [6, 6.07) is 13.9. The van der Waals surface area contributed by atoms with Crippen molar-refractivity contribution in [2.45, 2.75) is 43.7 Å². The SMILES string of the molecule is COc1ccc(CN2C(=O)CSC2c2ccc(OC)c(OC3CCCC3)c2)cc1. The van der Waals surface area contributed by atoms with Crippen LogP contribution in [0.4, 0.5) is 0 Å². The van der Waals surface area contributed by atoms with Crippen LogP contribution in [0.2, 0.25) is 0 Å². The van der Waals surface area contributed by atoms with Crippen molar-refractivity contribution in [3.8, 4) is 17.2 Å². The van der Waals surface area contributed by atoms with Gasteiger partial charge < -0.3 is 19.1 Å².